The summed E-state index contributed by atoms with van der Waals surface area (Å²) in [6.45, 7) is 0.939. The molecule has 0 bridgehead atoms. The van der Waals surface area contributed by atoms with Crippen LogP contribution < -0.4 is 11.1 Å². The van der Waals surface area contributed by atoms with E-state index in [1.165, 1.54) is 36.6 Å². The molecule has 90 valence electrons. The van der Waals surface area contributed by atoms with Gasteiger partial charge < -0.3 is 16.0 Å². The van der Waals surface area contributed by atoms with E-state index in [2.05, 4.69) is 22.6 Å². The largest absolute Gasteiger partial charge is 0.397 e. The van der Waals surface area contributed by atoms with Crippen molar-refractivity contribution in [3.63, 3.8) is 0 Å². The fourth-order valence-electron chi connectivity index (χ4n) is 2.77. The predicted octanol–water partition coefficient (Wildman–Crippen LogP) is 2.78. The lowest BCUT2D eigenvalue weighted by Gasteiger charge is -2.10. The number of nitrogens with one attached hydrogen (secondary N) is 2. The van der Waals surface area contributed by atoms with Crippen LogP contribution in [0.2, 0.25) is 0 Å². The molecule has 0 spiro atoms. The Morgan fingerprint density at radius 3 is 2.94 bits per heavy atom. The van der Waals surface area contributed by atoms with Gasteiger partial charge in [-0.3, -0.25) is 0 Å². The normalized spacial score (nSPS) is 16.9. The third kappa shape index (κ3) is 2.03. The Labute approximate surface area is 101 Å². The first kappa shape index (κ1) is 10.7. The van der Waals surface area contributed by atoms with Crippen LogP contribution in [-0.2, 0) is 6.54 Å². The molecular formula is C14H19N3. The Morgan fingerprint density at radius 2 is 2.12 bits per heavy atom. The quantitative estimate of drug-likeness (QED) is 0.709. The van der Waals surface area contributed by atoms with E-state index in [1.54, 1.807) is 0 Å². The standard InChI is InChI=1S/C14H19N3/c15-13-7-3-6-12-10(9-17-14(12)13)8-16-11-4-1-2-5-11/h3,6-7,9,11,16-17H,1-2,4-5,8,15H2. The number of H-pyrrole nitrogens is 1. The molecule has 0 amide bonds. The molecule has 4 N–H and O–H groups in total. The van der Waals surface area contributed by atoms with Crippen molar-refractivity contribution in [2.24, 2.45) is 0 Å². The predicted molar refractivity (Wildman–Crippen MR) is 71.8 cm³/mol. The molecular weight excluding hydrogens is 210 g/mol. The number of anilines is 1. The van der Waals surface area contributed by atoms with E-state index in [1.807, 2.05) is 12.1 Å². The van der Waals surface area contributed by atoms with Crippen LogP contribution in [0.15, 0.2) is 24.4 Å². The maximum Gasteiger partial charge on any atom is 0.0690 e. The maximum atomic E-state index is 5.94. The topological polar surface area (TPSA) is 53.8 Å². The summed E-state index contributed by atoms with van der Waals surface area (Å²) in [5.74, 6) is 0. The molecule has 1 fully saturated rings. The molecule has 17 heavy (non-hydrogen) atoms. The molecule has 2 aromatic rings. The zero-order chi connectivity index (χ0) is 11.7. The van der Waals surface area contributed by atoms with Crippen molar-refractivity contribution in [1.82, 2.24) is 10.3 Å². The van der Waals surface area contributed by atoms with E-state index in [0.717, 1.165) is 17.7 Å². The van der Waals surface area contributed by atoms with Crippen molar-refractivity contribution in [3.05, 3.63) is 30.0 Å². The minimum atomic E-state index is 0.709. The Bertz CT molecular complexity index is 509. The third-order valence-corrected chi connectivity index (χ3v) is 3.77. The van der Waals surface area contributed by atoms with Crippen molar-refractivity contribution in [2.75, 3.05) is 5.73 Å². The lowest BCUT2D eigenvalue weighted by molar-refractivity contribution is 0.525. The summed E-state index contributed by atoms with van der Waals surface area (Å²) in [6, 6.07) is 6.80. The smallest absolute Gasteiger partial charge is 0.0690 e. The lowest BCUT2D eigenvalue weighted by Crippen LogP contribution is -2.25. The Balaban J connectivity index is 1.78. The van der Waals surface area contributed by atoms with Gasteiger partial charge in [0.05, 0.1) is 11.2 Å². The molecule has 0 saturated heterocycles. The minimum absolute atomic E-state index is 0.709. The molecule has 1 aromatic heterocycles. The average Bonchev–Trinajstić information content (AvgIpc) is 2.95. The number of aromatic nitrogens is 1. The number of hydrogen-bond donors (Lipinski definition) is 3. The van der Waals surface area contributed by atoms with Crippen LogP contribution in [-0.4, -0.2) is 11.0 Å². The van der Waals surface area contributed by atoms with Gasteiger partial charge in [-0.15, -0.1) is 0 Å². The SMILES string of the molecule is Nc1cccc2c(CNC3CCCC3)c[nH]c12. The second-order valence-electron chi connectivity index (χ2n) is 4.95. The van der Waals surface area contributed by atoms with Gasteiger partial charge in [0.1, 0.15) is 0 Å². The maximum absolute atomic E-state index is 5.94. The van der Waals surface area contributed by atoms with E-state index in [4.69, 9.17) is 5.73 Å². The zero-order valence-corrected chi connectivity index (χ0v) is 10.00. The van der Waals surface area contributed by atoms with Crippen LogP contribution in [0.1, 0.15) is 31.2 Å². The number of nitrogens with two attached hydrogens (primary N) is 1. The number of fused-ring (bicyclic) bond motifs is 1. The number of hydrogen-bond acceptors (Lipinski definition) is 2. The zero-order valence-electron chi connectivity index (χ0n) is 10.00. The van der Waals surface area contributed by atoms with Crippen molar-refractivity contribution < 1.29 is 0 Å². The van der Waals surface area contributed by atoms with E-state index in [0.29, 0.717) is 6.04 Å². The average molecular weight is 229 g/mol. The van der Waals surface area contributed by atoms with Crippen LogP contribution in [0.25, 0.3) is 10.9 Å². The van der Waals surface area contributed by atoms with Gasteiger partial charge in [-0.25, -0.2) is 0 Å². The molecule has 3 heteroatoms. The Kier molecular flexibility index (Phi) is 2.77. The van der Waals surface area contributed by atoms with Gasteiger partial charge in [-0.05, 0) is 24.5 Å². The molecule has 0 radical (unpaired) electrons. The number of para-hydroxylation sites is 1. The summed E-state index contributed by atoms with van der Waals surface area (Å²) < 4.78 is 0. The summed E-state index contributed by atoms with van der Waals surface area (Å²) >= 11 is 0. The van der Waals surface area contributed by atoms with E-state index in [-0.39, 0.29) is 0 Å². The van der Waals surface area contributed by atoms with Crippen molar-refractivity contribution in [1.29, 1.82) is 0 Å². The summed E-state index contributed by atoms with van der Waals surface area (Å²) in [5, 5.41) is 4.88. The number of benzene rings is 1. The van der Waals surface area contributed by atoms with Crippen LogP contribution in [0, 0.1) is 0 Å². The van der Waals surface area contributed by atoms with Gasteiger partial charge in [0, 0.05) is 24.2 Å². The van der Waals surface area contributed by atoms with Crippen LogP contribution in [0.5, 0.6) is 0 Å². The molecule has 1 aliphatic rings. The second kappa shape index (κ2) is 4.41. The third-order valence-electron chi connectivity index (χ3n) is 3.77. The fraction of sp³-hybridized carbons (Fsp3) is 0.429. The van der Waals surface area contributed by atoms with E-state index >= 15 is 0 Å². The fourth-order valence-corrected chi connectivity index (χ4v) is 2.77. The highest BCUT2D eigenvalue weighted by Gasteiger charge is 2.14. The first-order valence-corrected chi connectivity index (χ1v) is 6.42. The summed E-state index contributed by atoms with van der Waals surface area (Å²) in [7, 11) is 0. The molecule has 1 saturated carbocycles. The summed E-state index contributed by atoms with van der Waals surface area (Å²) in [6.07, 6.45) is 7.47. The Morgan fingerprint density at radius 1 is 1.29 bits per heavy atom. The van der Waals surface area contributed by atoms with Gasteiger partial charge in [0.2, 0.25) is 0 Å². The molecule has 0 unspecified atom stereocenters. The monoisotopic (exact) mass is 229 g/mol. The highest BCUT2D eigenvalue weighted by Crippen LogP contribution is 2.24. The van der Waals surface area contributed by atoms with Crippen LogP contribution in [0.3, 0.4) is 0 Å². The second-order valence-corrected chi connectivity index (χ2v) is 4.95. The molecule has 1 aromatic carbocycles. The first-order chi connectivity index (χ1) is 8.34. The lowest BCUT2D eigenvalue weighted by atomic mass is 10.1. The molecule has 3 nitrogen and oxygen atoms in total. The van der Waals surface area contributed by atoms with Gasteiger partial charge in [0.25, 0.3) is 0 Å². The minimum Gasteiger partial charge on any atom is -0.397 e. The highest BCUT2D eigenvalue weighted by molar-refractivity contribution is 5.92. The van der Waals surface area contributed by atoms with Gasteiger partial charge >= 0.3 is 0 Å². The van der Waals surface area contributed by atoms with E-state index < -0.39 is 0 Å². The Hall–Kier alpha value is -1.48. The summed E-state index contributed by atoms with van der Waals surface area (Å²) in [4.78, 5) is 3.27. The van der Waals surface area contributed by atoms with Crippen LogP contribution in [0.4, 0.5) is 5.69 Å². The molecule has 0 aliphatic heterocycles. The van der Waals surface area contributed by atoms with Gasteiger partial charge in [0.15, 0.2) is 0 Å². The summed E-state index contributed by atoms with van der Waals surface area (Å²) in [5.41, 5.74) is 9.15. The molecule has 1 heterocycles. The molecule has 0 atom stereocenters. The van der Waals surface area contributed by atoms with Gasteiger partial charge in [-0.2, -0.15) is 0 Å². The van der Waals surface area contributed by atoms with Gasteiger partial charge in [-0.1, -0.05) is 25.0 Å². The van der Waals surface area contributed by atoms with Crippen molar-refractivity contribution >= 4 is 16.6 Å². The van der Waals surface area contributed by atoms with Crippen molar-refractivity contribution in [2.45, 2.75) is 38.3 Å². The van der Waals surface area contributed by atoms with Crippen LogP contribution >= 0.6 is 0 Å². The number of aromatic amines is 1. The van der Waals surface area contributed by atoms with Crippen molar-refractivity contribution in [3.8, 4) is 0 Å². The molecule has 3 rings (SSSR count). The molecule has 1 aliphatic carbocycles. The highest BCUT2D eigenvalue weighted by atomic mass is 14.9. The number of rotatable bonds is 3. The number of nitrogen functional groups attached to an aromatic ring is 1. The first-order valence-electron chi connectivity index (χ1n) is 6.42. The van der Waals surface area contributed by atoms with E-state index in [9.17, 15) is 0 Å².